The summed E-state index contributed by atoms with van der Waals surface area (Å²) in [5.74, 6) is 0. The number of hydrogen-bond donors (Lipinski definition) is 1. The molecule has 1 N–H and O–H groups in total. The molecule has 26 heavy (non-hydrogen) atoms. The second-order valence-electron chi connectivity index (χ2n) is 8.30. The monoisotopic (exact) mass is 368 g/mol. The Morgan fingerprint density at radius 1 is 0.923 bits per heavy atom. The van der Waals surface area contributed by atoms with Crippen LogP contribution in [0, 0.1) is 0 Å². The molecular weight excluding hydrogens is 336 g/mol. The average Bonchev–Trinajstić information content (AvgIpc) is 2.61. The highest BCUT2D eigenvalue weighted by Crippen LogP contribution is 2.40. The zero-order chi connectivity index (χ0) is 19.2. The first-order chi connectivity index (χ1) is 12.2. The Morgan fingerprint density at radius 2 is 1.42 bits per heavy atom. The Balaban J connectivity index is 2.14. The van der Waals surface area contributed by atoms with Gasteiger partial charge in [0.15, 0.2) is 8.32 Å². The van der Waals surface area contributed by atoms with Crippen molar-refractivity contribution in [1.82, 2.24) is 0 Å². The lowest BCUT2D eigenvalue weighted by molar-refractivity contribution is 0.180. The third-order valence-electron chi connectivity index (χ3n) is 5.21. The first-order valence-electron chi connectivity index (χ1n) is 9.33. The van der Waals surface area contributed by atoms with Crippen LogP contribution in [0.1, 0.15) is 50.5 Å². The molecule has 0 aliphatic heterocycles. The summed E-state index contributed by atoms with van der Waals surface area (Å²) < 4.78 is 6.65. The molecule has 0 saturated carbocycles. The number of rotatable bonds is 7. The van der Waals surface area contributed by atoms with Gasteiger partial charge in [-0.05, 0) is 35.7 Å². The first kappa shape index (κ1) is 20.6. The fraction of sp³-hybridized carbons (Fsp3) is 0.391. The maximum absolute atomic E-state index is 10.4. The lowest BCUT2D eigenvalue weighted by Crippen LogP contribution is -2.41. The highest BCUT2D eigenvalue weighted by atomic mass is 28.4. The van der Waals surface area contributed by atoms with Crippen LogP contribution in [0.25, 0.3) is 0 Å². The van der Waals surface area contributed by atoms with E-state index in [9.17, 15) is 5.11 Å². The van der Waals surface area contributed by atoms with E-state index in [0.717, 1.165) is 11.1 Å². The van der Waals surface area contributed by atoms with Gasteiger partial charge < -0.3 is 9.53 Å². The van der Waals surface area contributed by atoms with Gasteiger partial charge in [0.2, 0.25) is 0 Å². The van der Waals surface area contributed by atoms with Gasteiger partial charge in [0.25, 0.3) is 0 Å². The molecule has 0 saturated heterocycles. The molecule has 3 heteroatoms. The van der Waals surface area contributed by atoms with Crippen molar-refractivity contribution in [3.63, 3.8) is 0 Å². The zero-order valence-corrected chi connectivity index (χ0v) is 17.6. The molecule has 2 nitrogen and oxygen atoms in total. The summed E-state index contributed by atoms with van der Waals surface area (Å²) in [5.41, 5.74) is 2.10. The molecule has 0 spiro atoms. The third-order valence-corrected chi connectivity index (χ3v) is 9.67. The van der Waals surface area contributed by atoms with E-state index in [0.29, 0.717) is 6.42 Å². The Bertz CT molecular complexity index is 687. The number of hydrogen-bond acceptors (Lipinski definition) is 2. The second kappa shape index (κ2) is 8.80. The minimum absolute atomic E-state index is 0.0833. The minimum Gasteiger partial charge on any atom is -0.407 e. The van der Waals surface area contributed by atoms with Crippen LogP contribution < -0.4 is 0 Å². The average molecular weight is 369 g/mol. The molecule has 2 atom stereocenters. The minimum atomic E-state index is -1.91. The predicted molar refractivity (Wildman–Crippen MR) is 113 cm³/mol. The molecule has 140 valence electrons. The summed E-state index contributed by atoms with van der Waals surface area (Å²) in [6, 6.07) is 20.1. The third kappa shape index (κ3) is 5.66. The number of aliphatic hydroxyl groups is 1. The van der Waals surface area contributed by atoms with Crippen molar-refractivity contribution >= 4 is 8.32 Å². The van der Waals surface area contributed by atoms with Gasteiger partial charge in [0.1, 0.15) is 0 Å². The lowest BCUT2D eigenvalue weighted by Gasteiger charge is -2.38. The standard InChI is InChI=1S/C23H32O2Si/c1-23(2,3)26(4,5)25-22(20-15-10-7-11-16-20)18-12-17-21(24)19-13-8-6-9-14-19/h6-16,18,21-22,24H,17H2,1-5H3/b18-12+/t21-,22-/m1/s1. The van der Waals surface area contributed by atoms with E-state index in [1.54, 1.807) is 0 Å². The van der Waals surface area contributed by atoms with E-state index in [1.165, 1.54) is 0 Å². The van der Waals surface area contributed by atoms with E-state index in [1.807, 2.05) is 54.6 Å². The Labute approximate surface area is 159 Å². The van der Waals surface area contributed by atoms with Crippen molar-refractivity contribution < 1.29 is 9.53 Å². The summed E-state index contributed by atoms with van der Waals surface area (Å²) in [6.45, 7) is 11.3. The zero-order valence-electron chi connectivity index (χ0n) is 16.6. The molecule has 2 aromatic carbocycles. The molecule has 0 bridgehead atoms. The van der Waals surface area contributed by atoms with Crippen molar-refractivity contribution in [2.45, 2.75) is 57.5 Å². The van der Waals surface area contributed by atoms with Crippen LogP contribution in [0.5, 0.6) is 0 Å². The van der Waals surface area contributed by atoms with Gasteiger partial charge in [-0.1, -0.05) is 93.6 Å². The van der Waals surface area contributed by atoms with Crippen molar-refractivity contribution in [2.75, 3.05) is 0 Å². The molecule has 0 heterocycles. The SMILES string of the molecule is CC(C)(C)[Si](C)(C)O[C@H](/C=C/C[C@@H](O)c1ccccc1)c1ccccc1. The van der Waals surface area contributed by atoms with Crippen LogP contribution in [0.4, 0.5) is 0 Å². The normalized spacial score (nSPS) is 15.2. The van der Waals surface area contributed by atoms with Gasteiger partial charge in [-0.15, -0.1) is 0 Å². The quantitative estimate of drug-likeness (QED) is 0.451. The summed E-state index contributed by atoms with van der Waals surface area (Å²) in [7, 11) is -1.91. The summed E-state index contributed by atoms with van der Waals surface area (Å²) >= 11 is 0. The largest absolute Gasteiger partial charge is 0.407 e. The van der Waals surface area contributed by atoms with Crippen molar-refractivity contribution in [2.24, 2.45) is 0 Å². The number of benzene rings is 2. The lowest BCUT2D eigenvalue weighted by atomic mass is 10.0. The Hall–Kier alpha value is -1.68. The molecule has 0 amide bonds. The maximum Gasteiger partial charge on any atom is 0.193 e. The van der Waals surface area contributed by atoms with Gasteiger partial charge in [-0.2, -0.15) is 0 Å². The van der Waals surface area contributed by atoms with E-state index in [4.69, 9.17) is 4.43 Å². The molecule has 0 aliphatic carbocycles. The first-order valence-corrected chi connectivity index (χ1v) is 12.2. The Morgan fingerprint density at radius 3 is 1.92 bits per heavy atom. The molecule has 0 fully saturated rings. The molecule has 2 aromatic rings. The van der Waals surface area contributed by atoms with Gasteiger partial charge in [0.05, 0.1) is 12.2 Å². The van der Waals surface area contributed by atoms with Crippen molar-refractivity contribution in [3.05, 3.63) is 83.9 Å². The van der Waals surface area contributed by atoms with Gasteiger partial charge >= 0.3 is 0 Å². The van der Waals surface area contributed by atoms with Crippen LogP contribution in [-0.4, -0.2) is 13.4 Å². The van der Waals surface area contributed by atoms with E-state index >= 15 is 0 Å². The molecule has 2 rings (SSSR count). The maximum atomic E-state index is 10.4. The van der Waals surface area contributed by atoms with Gasteiger partial charge in [-0.25, -0.2) is 0 Å². The van der Waals surface area contributed by atoms with Crippen LogP contribution in [0.2, 0.25) is 18.1 Å². The van der Waals surface area contributed by atoms with Gasteiger partial charge in [0, 0.05) is 0 Å². The van der Waals surface area contributed by atoms with Crippen LogP contribution in [-0.2, 0) is 4.43 Å². The molecular formula is C23H32O2Si. The van der Waals surface area contributed by atoms with E-state index in [-0.39, 0.29) is 11.1 Å². The highest BCUT2D eigenvalue weighted by molar-refractivity contribution is 6.74. The van der Waals surface area contributed by atoms with Crippen LogP contribution in [0.3, 0.4) is 0 Å². The topological polar surface area (TPSA) is 29.5 Å². The molecule has 0 aromatic heterocycles. The van der Waals surface area contributed by atoms with E-state index < -0.39 is 14.4 Å². The molecule has 0 unspecified atom stereocenters. The predicted octanol–water partition coefficient (Wildman–Crippen LogP) is 6.43. The highest BCUT2D eigenvalue weighted by Gasteiger charge is 2.39. The van der Waals surface area contributed by atoms with Crippen molar-refractivity contribution in [1.29, 1.82) is 0 Å². The smallest absolute Gasteiger partial charge is 0.193 e. The van der Waals surface area contributed by atoms with E-state index in [2.05, 4.69) is 52.1 Å². The molecule has 0 radical (unpaired) electrons. The Kier molecular flexibility index (Phi) is 6.99. The van der Waals surface area contributed by atoms with Crippen molar-refractivity contribution in [3.8, 4) is 0 Å². The second-order valence-corrected chi connectivity index (χ2v) is 13.1. The fourth-order valence-electron chi connectivity index (χ4n) is 2.50. The summed E-state index contributed by atoms with van der Waals surface area (Å²) in [5, 5.41) is 10.5. The number of aliphatic hydroxyl groups excluding tert-OH is 1. The van der Waals surface area contributed by atoms with Gasteiger partial charge in [-0.3, -0.25) is 0 Å². The fourth-order valence-corrected chi connectivity index (χ4v) is 3.70. The summed E-state index contributed by atoms with van der Waals surface area (Å²) in [4.78, 5) is 0. The van der Waals surface area contributed by atoms with Crippen LogP contribution >= 0.6 is 0 Å². The summed E-state index contributed by atoms with van der Waals surface area (Å²) in [6.07, 6.45) is 4.15. The molecule has 0 aliphatic rings. The van der Waals surface area contributed by atoms with Crippen LogP contribution in [0.15, 0.2) is 72.8 Å².